The van der Waals surface area contributed by atoms with E-state index in [9.17, 15) is 4.39 Å². The minimum absolute atomic E-state index is 0.0203. The topological polar surface area (TPSA) is 33.0 Å². The Balaban J connectivity index is 2.33. The van der Waals surface area contributed by atoms with E-state index in [0.29, 0.717) is 22.4 Å². The fourth-order valence-electron chi connectivity index (χ4n) is 1.50. The van der Waals surface area contributed by atoms with Gasteiger partial charge in [-0.3, -0.25) is 0 Å². The minimum atomic E-state index is -0.510. The Morgan fingerprint density at radius 3 is 2.68 bits per heavy atom. The van der Waals surface area contributed by atoms with Gasteiger partial charge in [-0.2, -0.15) is 5.26 Å². The monoisotopic (exact) mass is 339 g/mol. The number of rotatable bonds is 3. The van der Waals surface area contributed by atoms with E-state index in [1.165, 1.54) is 18.2 Å². The maximum absolute atomic E-state index is 13.0. The number of nitriles is 1. The van der Waals surface area contributed by atoms with Crippen LogP contribution < -0.4 is 4.74 Å². The van der Waals surface area contributed by atoms with Gasteiger partial charge in [-0.05, 0) is 29.8 Å². The predicted molar refractivity (Wildman–Crippen MR) is 75.3 cm³/mol. The molecule has 0 bridgehead atoms. The second-order valence-electron chi connectivity index (χ2n) is 3.75. The molecule has 0 unspecified atom stereocenters. The molecule has 0 radical (unpaired) electrons. The van der Waals surface area contributed by atoms with Gasteiger partial charge in [0, 0.05) is 11.4 Å². The smallest absolute Gasteiger partial charge is 0.145 e. The Morgan fingerprint density at radius 2 is 2.05 bits per heavy atom. The van der Waals surface area contributed by atoms with Crippen molar-refractivity contribution in [2.45, 2.75) is 5.33 Å². The highest BCUT2D eigenvalue weighted by Crippen LogP contribution is 2.29. The molecule has 0 amide bonds. The molecule has 0 aromatic heterocycles. The Kier molecular flexibility index (Phi) is 4.41. The van der Waals surface area contributed by atoms with Crippen molar-refractivity contribution in [1.29, 1.82) is 5.26 Å². The lowest BCUT2D eigenvalue weighted by atomic mass is 10.1. The highest BCUT2D eigenvalue weighted by Gasteiger charge is 2.07. The second kappa shape index (κ2) is 6.05. The van der Waals surface area contributed by atoms with Crippen molar-refractivity contribution < 1.29 is 9.13 Å². The summed E-state index contributed by atoms with van der Waals surface area (Å²) >= 11 is 9.00. The molecule has 0 heterocycles. The summed E-state index contributed by atoms with van der Waals surface area (Å²) in [6.45, 7) is 0. The number of benzene rings is 2. The highest BCUT2D eigenvalue weighted by molar-refractivity contribution is 9.08. The summed E-state index contributed by atoms with van der Waals surface area (Å²) in [6.07, 6.45) is 0. The Hall–Kier alpha value is -1.57. The van der Waals surface area contributed by atoms with Gasteiger partial charge in [0.1, 0.15) is 23.4 Å². The van der Waals surface area contributed by atoms with Crippen LogP contribution in [0, 0.1) is 17.1 Å². The maximum Gasteiger partial charge on any atom is 0.145 e. The van der Waals surface area contributed by atoms with E-state index < -0.39 is 5.82 Å². The summed E-state index contributed by atoms with van der Waals surface area (Å²) in [5.41, 5.74) is 1.39. The number of hydrogen-bond acceptors (Lipinski definition) is 2. The van der Waals surface area contributed by atoms with E-state index in [2.05, 4.69) is 22.0 Å². The molecular weight excluding hydrogens is 333 g/mol. The predicted octanol–water partition coefficient (Wildman–Crippen LogP) is 5.04. The number of halogens is 3. The molecular formula is C14H8BrClFNO. The van der Waals surface area contributed by atoms with Gasteiger partial charge in [0.05, 0.1) is 10.6 Å². The van der Waals surface area contributed by atoms with Crippen molar-refractivity contribution in [2.75, 3.05) is 0 Å². The number of ether oxygens (including phenoxy) is 1. The number of hydrogen-bond donors (Lipinski definition) is 0. The van der Waals surface area contributed by atoms with Crippen molar-refractivity contribution >= 4 is 27.5 Å². The van der Waals surface area contributed by atoms with Crippen molar-refractivity contribution in [3.8, 4) is 17.6 Å². The van der Waals surface area contributed by atoms with E-state index in [1.807, 2.05) is 6.07 Å². The largest absolute Gasteiger partial charge is 0.456 e. The molecule has 0 fully saturated rings. The molecule has 2 nitrogen and oxygen atoms in total. The molecule has 2 aromatic carbocycles. The minimum Gasteiger partial charge on any atom is -0.456 e. The molecule has 2 rings (SSSR count). The molecule has 0 aliphatic carbocycles. The third kappa shape index (κ3) is 3.25. The normalized spacial score (nSPS) is 10.0. The first kappa shape index (κ1) is 13.9. The third-order valence-electron chi connectivity index (χ3n) is 2.44. The van der Waals surface area contributed by atoms with Gasteiger partial charge in [0.25, 0.3) is 0 Å². The summed E-state index contributed by atoms with van der Waals surface area (Å²) in [5.74, 6) is 0.286. The first-order valence-corrected chi connectivity index (χ1v) is 6.86. The van der Waals surface area contributed by atoms with E-state index in [4.69, 9.17) is 21.6 Å². The van der Waals surface area contributed by atoms with Crippen molar-refractivity contribution in [2.24, 2.45) is 0 Å². The summed E-state index contributed by atoms with van der Waals surface area (Å²) in [5, 5.41) is 9.72. The van der Waals surface area contributed by atoms with Gasteiger partial charge in [-0.25, -0.2) is 4.39 Å². The van der Waals surface area contributed by atoms with Crippen molar-refractivity contribution in [3.63, 3.8) is 0 Å². The zero-order chi connectivity index (χ0) is 13.8. The van der Waals surface area contributed by atoms with Crippen LogP contribution in [-0.2, 0) is 5.33 Å². The average molecular weight is 341 g/mol. The fourth-order valence-corrected chi connectivity index (χ4v) is 2.02. The van der Waals surface area contributed by atoms with Crippen LogP contribution in [0.2, 0.25) is 5.02 Å². The van der Waals surface area contributed by atoms with Gasteiger partial charge in [0.2, 0.25) is 0 Å². The average Bonchev–Trinajstić information content (AvgIpc) is 2.43. The lowest BCUT2D eigenvalue weighted by Crippen LogP contribution is -1.90. The highest BCUT2D eigenvalue weighted by atomic mass is 79.9. The molecule has 0 atom stereocenters. The van der Waals surface area contributed by atoms with Crippen molar-refractivity contribution in [3.05, 3.63) is 58.4 Å². The first-order valence-electron chi connectivity index (χ1n) is 5.36. The second-order valence-corrected chi connectivity index (χ2v) is 4.72. The quantitative estimate of drug-likeness (QED) is 0.733. The molecule has 2 aromatic rings. The van der Waals surface area contributed by atoms with Crippen LogP contribution in [0.1, 0.15) is 11.1 Å². The van der Waals surface area contributed by atoms with E-state index >= 15 is 0 Å². The summed E-state index contributed by atoms with van der Waals surface area (Å²) in [4.78, 5) is 0. The molecule has 19 heavy (non-hydrogen) atoms. The van der Waals surface area contributed by atoms with Crippen LogP contribution in [0.15, 0.2) is 36.4 Å². The molecule has 0 N–H and O–H groups in total. The Morgan fingerprint density at radius 1 is 1.26 bits per heavy atom. The number of alkyl halides is 1. The first-order chi connectivity index (χ1) is 9.13. The van der Waals surface area contributed by atoms with Crippen LogP contribution in [0.5, 0.6) is 11.5 Å². The summed E-state index contributed by atoms with van der Waals surface area (Å²) in [6, 6.07) is 11.4. The SMILES string of the molecule is N#Cc1cc(CBr)ccc1Oc1ccc(F)c(Cl)c1. The van der Waals surface area contributed by atoms with Gasteiger partial charge in [-0.15, -0.1) is 0 Å². The molecule has 0 saturated carbocycles. The Labute approximate surface area is 123 Å². The van der Waals surface area contributed by atoms with Crippen LogP contribution in [0.25, 0.3) is 0 Å². The molecule has 5 heteroatoms. The third-order valence-corrected chi connectivity index (χ3v) is 3.37. The van der Waals surface area contributed by atoms with E-state index in [-0.39, 0.29) is 5.02 Å². The maximum atomic E-state index is 13.0. The van der Waals surface area contributed by atoms with Gasteiger partial charge in [-0.1, -0.05) is 33.6 Å². The Bertz CT molecular complexity index is 654. The van der Waals surface area contributed by atoms with Crippen LogP contribution >= 0.6 is 27.5 Å². The summed E-state index contributed by atoms with van der Waals surface area (Å²) < 4.78 is 18.6. The van der Waals surface area contributed by atoms with Crippen LogP contribution in [0.4, 0.5) is 4.39 Å². The van der Waals surface area contributed by atoms with Crippen LogP contribution in [0.3, 0.4) is 0 Å². The zero-order valence-corrected chi connectivity index (χ0v) is 12.0. The fraction of sp³-hybridized carbons (Fsp3) is 0.0714. The van der Waals surface area contributed by atoms with Crippen LogP contribution in [-0.4, -0.2) is 0 Å². The number of nitrogens with zero attached hydrogens (tertiary/aromatic N) is 1. The zero-order valence-electron chi connectivity index (χ0n) is 9.66. The molecule has 96 valence electrons. The van der Waals surface area contributed by atoms with Gasteiger partial charge >= 0.3 is 0 Å². The van der Waals surface area contributed by atoms with E-state index in [1.54, 1.807) is 12.1 Å². The molecule has 0 aliphatic rings. The van der Waals surface area contributed by atoms with Gasteiger partial charge in [0.15, 0.2) is 0 Å². The van der Waals surface area contributed by atoms with E-state index in [0.717, 1.165) is 5.56 Å². The van der Waals surface area contributed by atoms with Crippen molar-refractivity contribution in [1.82, 2.24) is 0 Å². The molecule has 0 spiro atoms. The lowest BCUT2D eigenvalue weighted by molar-refractivity contribution is 0.479. The standard InChI is InChI=1S/C14H8BrClFNO/c15-7-9-1-4-14(10(5-9)8-18)19-11-2-3-13(17)12(16)6-11/h1-6H,7H2. The summed E-state index contributed by atoms with van der Waals surface area (Å²) in [7, 11) is 0. The van der Waals surface area contributed by atoms with Gasteiger partial charge < -0.3 is 4.74 Å². The lowest BCUT2D eigenvalue weighted by Gasteiger charge is -2.08. The molecule has 0 saturated heterocycles. The molecule has 0 aliphatic heterocycles.